The Kier molecular flexibility index (Phi) is 4.42. The first-order chi connectivity index (χ1) is 12.7. The third kappa shape index (κ3) is 2.96. The van der Waals surface area contributed by atoms with Crippen LogP contribution in [0.4, 0.5) is 4.39 Å². The Morgan fingerprint density at radius 3 is 2.69 bits per heavy atom. The number of hydrogen-bond acceptors (Lipinski definition) is 5. The maximum atomic E-state index is 14.0. The predicted octanol–water partition coefficient (Wildman–Crippen LogP) is 3.77. The number of benzene rings is 2. The SMILES string of the molecule is CCn1c(CSc2nnnn2-c2ccc(C)cc2)nc2c(F)cccc21. The van der Waals surface area contributed by atoms with E-state index in [1.165, 1.54) is 23.4 Å². The molecule has 0 fully saturated rings. The number of nitrogens with zero attached hydrogens (tertiary/aromatic N) is 6. The highest BCUT2D eigenvalue weighted by Crippen LogP contribution is 2.26. The Labute approximate surface area is 154 Å². The topological polar surface area (TPSA) is 61.4 Å². The van der Waals surface area contributed by atoms with Gasteiger partial charge in [-0.3, -0.25) is 0 Å². The van der Waals surface area contributed by atoms with Crippen LogP contribution < -0.4 is 0 Å². The van der Waals surface area contributed by atoms with Gasteiger partial charge in [0.05, 0.1) is 17.0 Å². The molecular weight excluding hydrogens is 351 g/mol. The number of thioether (sulfide) groups is 1. The third-order valence-electron chi connectivity index (χ3n) is 4.17. The first-order valence-electron chi connectivity index (χ1n) is 8.29. The van der Waals surface area contributed by atoms with E-state index in [0.29, 0.717) is 16.4 Å². The van der Waals surface area contributed by atoms with Gasteiger partial charge in [-0.05, 0) is 48.5 Å². The van der Waals surface area contributed by atoms with Crippen molar-refractivity contribution in [2.75, 3.05) is 0 Å². The molecule has 6 nitrogen and oxygen atoms in total. The van der Waals surface area contributed by atoms with Gasteiger partial charge >= 0.3 is 0 Å². The van der Waals surface area contributed by atoms with Gasteiger partial charge in [0.15, 0.2) is 5.82 Å². The smallest absolute Gasteiger partial charge is 0.214 e. The number of imidazole rings is 1. The van der Waals surface area contributed by atoms with Crippen molar-refractivity contribution in [1.82, 2.24) is 29.8 Å². The second kappa shape index (κ2) is 6.87. The highest BCUT2D eigenvalue weighted by molar-refractivity contribution is 7.98. The van der Waals surface area contributed by atoms with Crippen LogP contribution in [0.25, 0.3) is 16.7 Å². The van der Waals surface area contributed by atoms with Crippen LogP contribution in [0, 0.1) is 12.7 Å². The fourth-order valence-electron chi connectivity index (χ4n) is 2.87. The monoisotopic (exact) mass is 368 g/mol. The molecular formula is C18H17FN6S. The lowest BCUT2D eigenvalue weighted by atomic mass is 10.2. The number of fused-ring (bicyclic) bond motifs is 1. The molecule has 8 heteroatoms. The summed E-state index contributed by atoms with van der Waals surface area (Å²) in [6.45, 7) is 4.78. The number of hydrogen-bond donors (Lipinski definition) is 0. The van der Waals surface area contributed by atoms with Gasteiger partial charge in [0.2, 0.25) is 5.16 Å². The molecule has 0 saturated carbocycles. The zero-order chi connectivity index (χ0) is 18.1. The number of rotatable bonds is 5. The molecule has 4 aromatic rings. The standard InChI is InChI=1S/C18H17FN6S/c1-3-24-15-6-4-5-14(19)17(15)20-16(24)11-26-18-21-22-23-25(18)13-9-7-12(2)8-10-13/h4-10H,3,11H2,1-2H3. The van der Waals surface area contributed by atoms with E-state index < -0.39 is 0 Å². The van der Waals surface area contributed by atoms with Crippen molar-refractivity contribution in [3.8, 4) is 5.69 Å². The summed E-state index contributed by atoms with van der Waals surface area (Å²) in [5.74, 6) is 1.05. The van der Waals surface area contributed by atoms with Gasteiger partial charge in [-0.25, -0.2) is 9.37 Å². The summed E-state index contributed by atoms with van der Waals surface area (Å²) in [6.07, 6.45) is 0. The van der Waals surface area contributed by atoms with Crippen LogP contribution in [0.3, 0.4) is 0 Å². The summed E-state index contributed by atoms with van der Waals surface area (Å²) in [4.78, 5) is 4.49. The van der Waals surface area contributed by atoms with E-state index in [9.17, 15) is 4.39 Å². The molecule has 0 saturated heterocycles. The summed E-state index contributed by atoms with van der Waals surface area (Å²) in [5, 5.41) is 12.6. The van der Waals surface area contributed by atoms with Gasteiger partial charge in [-0.2, -0.15) is 4.68 Å². The Balaban J connectivity index is 1.63. The molecule has 0 aliphatic heterocycles. The summed E-state index contributed by atoms with van der Waals surface area (Å²) in [6, 6.07) is 13.0. The number of aromatic nitrogens is 6. The zero-order valence-electron chi connectivity index (χ0n) is 14.4. The molecule has 26 heavy (non-hydrogen) atoms. The van der Waals surface area contributed by atoms with Crippen molar-refractivity contribution in [3.63, 3.8) is 0 Å². The summed E-state index contributed by atoms with van der Waals surface area (Å²) in [5.41, 5.74) is 3.29. The maximum absolute atomic E-state index is 14.0. The average molecular weight is 368 g/mol. The molecule has 4 rings (SSSR count). The number of para-hydroxylation sites is 1. The minimum Gasteiger partial charge on any atom is -0.327 e. The fraction of sp³-hybridized carbons (Fsp3) is 0.222. The van der Waals surface area contributed by atoms with E-state index in [2.05, 4.69) is 20.5 Å². The van der Waals surface area contributed by atoms with E-state index in [-0.39, 0.29) is 5.82 Å². The van der Waals surface area contributed by atoms with Gasteiger partial charge in [0.1, 0.15) is 11.3 Å². The van der Waals surface area contributed by atoms with Crippen molar-refractivity contribution < 1.29 is 4.39 Å². The normalized spacial score (nSPS) is 11.3. The second-order valence-corrected chi connectivity index (χ2v) is 6.82. The number of aryl methyl sites for hydroxylation is 2. The Morgan fingerprint density at radius 2 is 1.92 bits per heavy atom. The van der Waals surface area contributed by atoms with Crippen molar-refractivity contribution in [2.24, 2.45) is 0 Å². The van der Waals surface area contributed by atoms with Crippen LogP contribution in [0.1, 0.15) is 18.3 Å². The van der Waals surface area contributed by atoms with E-state index in [1.54, 1.807) is 10.7 Å². The molecule has 0 amide bonds. The minimum absolute atomic E-state index is 0.301. The van der Waals surface area contributed by atoms with Gasteiger partial charge in [0, 0.05) is 6.54 Å². The maximum Gasteiger partial charge on any atom is 0.214 e. The minimum atomic E-state index is -0.301. The van der Waals surface area contributed by atoms with E-state index >= 15 is 0 Å². The van der Waals surface area contributed by atoms with Crippen LogP contribution in [-0.4, -0.2) is 29.8 Å². The van der Waals surface area contributed by atoms with Crippen LogP contribution in [0.5, 0.6) is 0 Å². The van der Waals surface area contributed by atoms with Crippen molar-refractivity contribution in [1.29, 1.82) is 0 Å². The molecule has 0 spiro atoms. The second-order valence-electron chi connectivity index (χ2n) is 5.88. The molecule has 0 unspecified atom stereocenters. The fourth-order valence-corrected chi connectivity index (χ4v) is 3.71. The lowest BCUT2D eigenvalue weighted by Gasteiger charge is -2.06. The van der Waals surface area contributed by atoms with Crippen LogP contribution in [0.2, 0.25) is 0 Å². The Hall–Kier alpha value is -2.74. The van der Waals surface area contributed by atoms with E-state index in [0.717, 1.165) is 23.6 Å². The van der Waals surface area contributed by atoms with Crippen LogP contribution in [-0.2, 0) is 12.3 Å². The lowest BCUT2D eigenvalue weighted by Crippen LogP contribution is -2.02. The molecule has 0 N–H and O–H groups in total. The molecule has 0 aliphatic carbocycles. The van der Waals surface area contributed by atoms with E-state index in [1.807, 2.05) is 48.7 Å². The molecule has 132 valence electrons. The summed E-state index contributed by atoms with van der Waals surface area (Å²) >= 11 is 1.48. The van der Waals surface area contributed by atoms with Crippen molar-refractivity contribution in [2.45, 2.75) is 31.3 Å². The first kappa shape index (κ1) is 16.7. The lowest BCUT2D eigenvalue weighted by molar-refractivity contribution is 0.637. The summed E-state index contributed by atoms with van der Waals surface area (Å²) in [7, 11) is 0. The first-order valence-corrected chi connectivity index (χ1v) is 9.27. The van der Waals surface area contributed by atoms with Crippen molar-refractivity contribution >= 4 is 22.8 Å². The van der Waals surface area contributed by atoms with Gasteiger partial charge in [-0.1, -0.05) is 35.5 Å². The molecule has 2 aromatic carbocycles. The number of tetrazole rings is 1. The molecule has 0 radical (unpaired) electrons. The Morgan fingerprint density at radius 1 is 1.12 bits per heavy atom. The third-order valence-corrected chi connectivity index (χ3v) is 5.09. The molecule has 0 aliphatic rings. The quantitative estimate of drug-likeness (QED) is 0.502. The average Bonchev–Trinajstić information content (AvgIpc) is 3.25. The molecule has 0 bridgehead atoms. The van der Waals surface area contributed by atoms with Gasteiger partial charge < -0.3 is 4.57 Å². The van der Waals surface area contributed by atoms with Crippen LogP contribution >= 0.6 is 11.8 Å². The summed E-state index contributed by atoms with van der Waals surface area (Å²) < 4.78 is 17.7. The highest BCUT2D eigenvalue weighted by Gasteiger charge is 2.15. The largest absolute Gasteiger partial charge is 0.327 e. The molecule has 2 heterocycles. The Bertz CT molecular complexity index is 1050. The predicted molar refractivity (Wildman–Crippen MR) is 98.8 cm³/mol. The van der Waals surface area contributed by atoms with E-state index in [4.69, 9.17) is 0 Å². The van der Waals surface area contributed by atoms with Crippen LogP contribution in [0.15, 0.2) is 47.6 Å². The van der Waals surface area contributed by atoms with Gasteiger partial charge in [0.25, 0.3) is 0 Å². The zero-order valence-corrected chi connectivity index (χ0v) is 15.2. The van der Waals surface area contributed by atoms with Crippen molar-refractivity contribution in [3.05, 3.63) is 59.7 Å². The molecule has 2 aromatic heterocycles. The molecule has 0 atom stereocenters. The highest BCUT2D eigenvalue weighted by atomic mass is 32.2. The van der Waals surface area contributed by atoms with Gasteiger partial charge in [-0.15, -0.1) is 5.10 Å². The number of halogens is 1.